The topological polar surface area (TPSA) is 64.8 Å². The molecule has 0 spiro atoms. The normalized spacial score (nSPS) is 12.9. The van der Waals surface area contributed by atoms with Gasteiger partial charge in [-0.2, -0.15) is 0 Å². The first-order chi connectivity index (χ1) is 8.17. The molecule has 0 fully saturated rings. The van der Waals surface area contributed by atoms with E-state index in [4.69, 9.17) is 15.2 Å². The molecule has 0 heterocycles. The first-order valence-corrected chi connectivity index (χ1v) is 6.36. The Morgan fingerprint density at radius 3 is 1.88 bits per heavy atom. The van der Waals surface area contributed by atoms with E-state index in [1.807, 2.05) is 25.7 Å². The summed E-state index contributed by atoms with van der Waals surface area (Å²) in [5, 5.41) is 0. The van der Waals surface area contributed by atoms with Crippen molar-refractivity contribution >= 4 is 5.91 Å². The lowest BCUT2D eigenvalue weighted by molar-refractivity contribution is -0.124. The predicted octanol–water partition coefficient (Wildman–Crippen LogP) is 0.625. The van der Waals surface area contributed by atoms with Crippen molar-refractivity contribution in [3.05, 3.63) is 0 Å². The molecule has 5 heteroatoms. The minimum atomic E-state index is -0.277. The molecule has 0 aliphatic carbocycles. The van der Waals surface area contributed by atoms with Gasteiger partial charge in [0.05, 0.1) is 19.3 Å². The highest BCUT2D eigenvalue weighted by Gasteiger charge is 2.21. The fraction of sp³-hybridized carbons (Fsp3) is 0.917. The number of hydrogen-bond acceptors (Lipinski definition) is 4. The first kappa shape index (κ1) is 16.4. The van der Waals surface area contributed by atoms with Crippen LogP contribution in [-0.4, -0.2) is 56.4 Å². The molecule has 0 aromatic heterocycles. The highest BCUT2D eigenvalue weighted by molar-refractivity contribution is 5.79. The van der Waals surface area contributed by atoms with Crippen LogP contribution in [0.5, 0.6) is 0 Å². The van der Waals surface area contributed by atoms with E-state index in [0.29, 0.717) is 45.9 Å². The second kappa shape index (κ2) is 10.5. The van der Waals surface area contributed by atoms with Crippen LogP contribution in [0.3, 0.4) is 0 Å². The SMILES string of the molecule is CCOCCN(CCOCC)C(CC)C(N)=O. The quantitative estimate of drug-likeness (QED) is 0.543. The summed E-state index contributed by atoms with van der Waals surface area (Å²) in [6.45, 7) is 9.90. The molecule has 102 valence electrons. The second-order valence-corrected chi connectivity index (χ2v) is 3.76. The Hall–Kier alpha value is -0.650. The highest BCUT2D eigenvalue weighted by atomic mass is 16.5. The van der Waals surface area contributed by atoms with E-state index in [9.17, 15) is 4.79 Å². The zero-order chi connectivity index (χ0) is 13.1. The van der Waals surface area contributed by atoms with Gasteiger partial charge in [0.15, 0.2) is 0 Å². The summed E-state index contributed by atoms with van der Waals surface area (Å²) in [5.74, 6) is -0.277. The van der Waals surface area contributed by atoms with Crippen molar-refractivity contribution in [2.24, 2.45) is 5.73 Å². The van der Waals surface area contributed by atoms with E-state index in [1.165, 1.54) is 0 Å². The molecule has 2 N–H and O–H groups in total. The number of nitrogens with two attached hydrogens (primary N) is 1. The van der Waals surface area contributed by atoms with Crippen LogP contribution >= 0.6 is 0 Å². The van der Waals surface area contributed by atoms with Crippen LogP contribution in [-0.2, 0) is 14.3 Å². The summed E-state index contributed by atoms with van der Waals surface area (Å²) in [6, 6.07) is -0.226. The summed E-state index contributed by atoms with van der Waals surface area (Å²) < 4.78 is 10.6. The summed E-state index contributed by atoms with van der Waals surface area (Å²) in [5.41, 5.74) is 5.39. The van der Waals surface area contributed by atoms with Crippen LogP contribution in [0.2, 0.25) is 0 Å². The van der Waals surface area contributed by atoms with E-state index in [0.717, 1.165) is 0 Å². The third kappa shape index (κ3) is 7.31. The zero-order valence-corrected chi connectivity index (χ0v) is 11.3. The fourth-order valence-corrected chi connectivity index (χ4v) is 1.72. The van der Waals surface area contributed by atoms with Gasteiger partial charge in [-0.15, -0.1) is 0 Å². The van der Waals surface area contributed by atoms with Crippen molar-refractivity contribution < 1.29 is 14.3 Å². The molecule has 1 amide bonds. The Bertz CT molecular complexity index is 190. The Balaban J connectivity index is 4.20. The lowest BCUT2D eigenvalue weighted by Gasteiger charge is -2.28. The van der Waals surface area contributed by atoms with Crippen LogP contribution in [0.25, 0.3) is 0 Å². The number of carbonyl (C=O) groups excluding carboxylic acids is 1. The molecule has 0 saturated carbocycles. The second-order valence-electron chi connectivity index (χ2n) is 3.76. The van der Waals surface area contributed by atoms with Crippen LogP contribution in [0.4, 0.5) is 0 Å². The van der Waals surface area contributed by atoms with Crippen molar-refractivity contribution in [2.45, 2.75) is 33.2 Å². The fourth-order valence-electron chi connectivity index (χ4n) is 1.72. The molecule has 0 aliphatic heterocycles. The summed E-state index contributed by atoms with van der Waals surface area (Å²) >= 11 is 0. The maximum absolute atomic E-state index is 11.3. The van der Waals surface area contributed by atoms with Crippen LogP contribution in [0.1, 0.15) is 27.2 Å². The Morgan fingerprint density at radius 2 is 1.59 bits per heavy atom. The van der Waals surface area contributed by atoms with Crippen LogP contribution in [0.15, 0.2) is 0 Å². The first-order valence-electron chi connectivity index (χ1n) is 6.36. The summed E-state index contributed by atoms with van der Waals surface area (Å²) in [7, 11) is 0. The Labute approximate surface area is 104 Å². The third-order valence-corrected chi connectivity index (χ3v) is 2.61. The molecule has 17 heavy (non-hydrogen) atoms. The van der Waals surface area contributed by atoms with Gasteiger partial charge in [0.1, 0.15) is 0 Å². The van der Waals surface area contributed by atoms with Gasteiger partial charge in [-0.1, -0.05) is 6.92 Å². The number of amides is 1. The van der Waals surface area contributed by atoms with E-state index in [-0.39, 0.29) is 11.9 Å². The molecule has 5 nitrogen and oxygen atoms in total. The lowest BCUT2D eigenvalue weighted by atomic mass is 10.2. The van der Waals surface area contributed by atoms with Gasteiger partial charge < -0.3 is 15.2 Å². The Kier molecular flexibility index (Phi) is 10.1. The monoisotopic (exact) mass is 246 g/mol. The van der Waals surface area contributed by atoms with Crippen molar-refractivity contribution in [1.29, 1.82) is 0 Å². The van der Waals surface area contributed by atoms with Crippen molar-refractivity contribution in [3.8, 4) is 0 Å². The van der Waals surface area contributed by atoms with E-state index < -0.39 is 0 Å². The number of carbonyl (C=O) groups is 1. The summed E-state index contributed by atoms with van der Waals surface area (Å²) in [4.78, 5) is 13.4. The standard InChI is InChI=1S/C12H26N2O3/c1-4-11(12(13)15)14(7-9-16-5-2)8-10-17-6-3/h11H,4-10H2,1-3H3,(H2,13,15). The van der Waals surface area contributed by atoms with Gasteiger partial charge in [-0.25, -0.2) is 0 Å². The van der Waals surface area contributed by atoms with Crippen molar-refractivity contribution in [3.63, 3.8) is 0 Å². The van der Waals surface area contributed by atoms with Gasteiger partial charge in [0.25, 0.3) is 0 Å². The minimum absolute atomic E-state index is 0.226. The number of ether oxygens (including phenoxy) is 2. The molecule has 0 saturated heterocycles. The molecule has 0 aromatic rings. The average Bonchev–Trinajstić information content (AvgIpc) is 2.29. The van der Waals surface area contributed by atoms with Gasteiger partial charge in [0.2, 0.25) is 5.91 Å². The maximum Gasteiger partial charge on any atom is 0.234 e. The maximum atomic E-state index is 11.3. The average molecular weight is 246 g/mol. The molecule has 1 unspecified atom stereocenters. The minimum Gasteiger partial charge on any atom is -0.380 e. The highest BCUT2D eigenvalue weighted by Crippen LogP contribution is 2.03. The summed E-state index contributed by atoms with van der Waals surface area (Å²) in [6.07, 6.45) is 0.716. The van der Waals surface area contributed by atoms with Gasteiger partial charge >= 0.3 is 0 Å². The zero-order valence-electron chi connectivity index (χ0n) is 11.3. The molecule has 1 atom stereocenters. The Morgan fingerprint density at radius 1 is 1.12 bits per heavy atom. The van der Waals surface area contributed by atoms with Crippen LogP contribution < -0.4 is 5.73 Å². The predicted molar refractivity (Wildman–Crippen MR) is 67.8 cm³/mol. The molecule has 0 aromatic carbocycles. The molecular formula is C12H26N2O3. The number of primary amides is 1. The number of rotatable bonds is 11. The third-order valence-electron chi connectivity index (χ3n) is 2.61. The smallest absolute Gasteiger partial charge is 0.234 e. The number of nitrogens with zero attached hydrogens (tertiary/aromatic N) is 1. The van der Waals surface area contributed by atoms with Crippen molar-refractivity contribution in [2.75, 3.05) is 39.5 Å². The van der Waals surface area contributed by atoms with Gasteiger partial charge in [-0.3, -0.25) is 9.69 Å². The van der Waals surface area contributed by atoms with Gasteiger partial charge in [0, 0.05) is 26.3 Å². The molecular weight excluding hydrogens is 220 g/mol. The van der Waals surface area contributed by atoms with Gasteiger partial charge in [-0.05, 0) is 20.3 Å². The molecule has 0 bridgehead atoms. The molecule has 0 aliphatic rings. The number of hydrogen-bond donors (Lipinski definition) is 1. The van der Waals surface area contributed by atoms with Crippen LogP contribution in [0, 0.1) is 0 Å². The van der Waals surface area contributed by atoms with Crippen molar-refractivity contribution in [1.82, 2.24) is 4.90 Å². The molecule has 0 radical (unpaired) electrons. The van der Waals surface area contributed by atoms with E-state index in [1.54, 1.807) is 0 Å². The molecule has 0 rings (SSSR count). The lowest BCUT2D eigenvalue weighted by Crippen LogP contribution is -2.47. The largest absolute Gasteiger partial charge is 0.380 e. The van der Waals surface area contributed by atoms with E-state index in [2.05, 4.69) is 0 Å². The van der Waals surface area contributed by atoms with E-state index >= 15 is 0 Å².